The molecule has 0 radical (unpaired) electrons. The lowest BCUT2D eigenvalue weighted by Gasteiger charge is -2.29. The fourth-order valence-corrected chi connectivity index (χ4v) is 1.52. The third-order valence-electron chi connectivity index (χ3n) is 1.88. The Morgan fingerprint density at radius 2 is 1.85 bits per heavy atom. The average Bonchev–Trinajstić information content (AvgIpc) is 2.04. The van der Waals surface area contributed by atoms with E-state index >= 15 is 0 Å². The van der Waals surface area contributed by atoms with Crippen LogP contribution in [-0.4, -0.2) is 48.8 Å². The molecule has 1 heterocycles. The minimum absolute atomic E-state index is 0.00681. The van der Waals surface area contributed by atoms with Crippen LogP contribution in [0.5, 0.6) is 0 Å². The summed E-state index contributed by atoms with van der Waals surface area (Å²) in [5.41, 5.74) is 0. The molecule has 78 valence electrons. The van der Waals surface area contributed by atoms with Crippen molar-refractivity contribution in [3.63, 3.8) is 0 Å². The van der Waals surface area contributed by atoms with E-state index in [0.29, 0.717) is 26.3 Å². The molecule has 0 aromatic carbocycles. The summed E-state index contributed by atoms with van der Waals surface area (Å²) >= 11 is 2.63. The maximum absolute atomic E-state index is 12.1. The fraction of sp³-hybridized carbons (Fsp3) is 1.00. The van der Waals surface area contributed by atoms with E-state index in [4.69, 9.17) is 4.74 Å². The molecule has 0 aliphatic carbocycles. The van der Waals surface area contributed by atoms with Gasteiger partial charge >= 0.3 is 6.18 Å². The van der Waals surface area contributed by atoms with Gasteiger partial charge in [0.05, 0.1) is 13.2 Å². The van der Waals surface area contributed by atoms with Gasteiger partial charge in [0.25, 0.3) is 0 Å². The predicted octanol–water partition coefficient (Wildman–Crippen LogP) is 1.64. The first-order chi connectivity index (χ1) is 6.00. The highest BCUT2D eigenvalue weighted by molar-refractivity contribution is 9.09. The predicted molar refractivity (Wildman–Crippen MR) is 46.0 cm³/mol. The Kier molecular flexibility index (Phi) is 4.00. The van der Waals surface area contributed by atoms with Gasteiger partial charge in [0, 0.05) is 19.6 Å². The molecule has 0 spiro atoms. The standard InChI is InChI=1S/C7H11BrF3NO/c8-6(7(9,10)11)5-12-1-3-13-4-2-12/h6H,1-5H2/t6-/m1/s1. The van der Waals surface area contributed by atoms with E-state index in [1.54, 1.807) is 4.90 Å². The molecule has 6 heteroatoms. The topological polar surface area (TPSA) is 12.5 Å². The summed E-state index contributed by atoms with van der Waals surface area (Å²) in [7, 11) is 0. The first-order valence-electron chi connectivity index (χ1n) is 4.01. The molecule has 1 fully saturated rings. The van der Waals surface area contributed by atoms with Gasteiger partial charge in [0.1, 0.15) is 4.83 Å². The van der Waals surface area contributed by atoms with Crippen molar-refractivity contribution in [1.82, 2.24) is 4.90 Å². The molecule has 2 nitrogen and oxygen atoms in total. The van der Waals surface area contributed by atoms with E-state index in [-0.39, 0.29) is 6.54 Å². The van der Waals surface area contributed by atoms with Gasteiger partial charge in [0.2, 0.25) is 0 Å². The van der Waals surface area contributed by atoms with Gasteiger partial charge in [0.15, 0.2) is 0 Å². The maximum Gasteiger partial charge on any atom is 0.402 e. The lowest BCUT2D eigenvalue weighted by molar-refractivity contribution is -0.132. The first-order valence-corrected chi connectivity index (χ1v) is 4.92. The van der Waals surface area contributed by atoms with E-state index < -0.39 is 11.0 Å². The van der Waals surface area contributed by atoms with Crippen LogP contribution >= 0.6 is 15.9 Å². The van der Waals surface area contributed by atoms with E-state index in [9.17, 15) is 13.2 Å². The third kappa shape index (κ3) is 3.83. The minimum Gasteiger partial charge on any atom is -0.379 e. The second-order valence-corrected chi connectivity index (χ2v) is 4.03. The van der Waals surface area contributed by atoms with Crippen LogP contribution in [0.4, 0.5) is 13.2 Å². The molecular weight excluding hydrogens is 251 g/mol. The highest BCUT2D eigenvalue weighted by atomic mass is 79.9. The molecule has 1 saturated heterocycles. The van der Waals surface area contributed by atoms with E-state index in [2.05, 4.69) is 15.9 Å². The van der Waals surface area contributed by atoms with E-state index in [1.165, 1.54) is 0 Å². The Bertz CT molecular complexity index is 158. The summed E-state index contributed by atoms with van der Waals surface area (Å²) in [5.74, 6) is 0. The van der Waals surface area contributed by atoms with Crippen molar-refractivity contribution in [2.45, 2.75) is 11.0 Å². The SMILES string of the molecule is FC(F)(F)[C@H](Br)CN1CCOCC1. The zero-order valence-corrected chi connectivity index (χ0v) is 8.57. The van der Waals surface area contributed by atoms with Gasteiger partial charge in [-0.3, -0.25) is 4.90 Å². The van der Waals surface area contributed by atoms with Crippen LogP contribution in [0.15, 0.2) is 0 Å². The molecule has 13 heavy (non-hydrogen) atoms. The monoisotopic (exact) mass is 261 g/mol. The molecule has 0 saturated carbocycles. The molecule has 0 N–H and O–H groups in total. The number of ether oxygens (including phenoxy) is 1. The molecule has 1 rings (SSSR count). The Balaban J connectivity index is 2.30. The van der Waals surface area contributed by atoms with Crippen LogP contribution in [0, 0.1) is 0 Å². The van der Waals surface area contributed by atoms with Crippen molar-refractivity contribution < 1.29 is 17.9 Å². The van der Waals surface area contributed by atoms with Crippen molar-refractivity contribution in [3.05, 3.63) is 0 Å². The molecular formula is C7H11BrF3NO. The van der Waals surface area contributed by atoms with Gasteiger partial charge in [-0.15, -0.1) is 0 Å². The van der Waals surface area contributed by atoms with Crippen molar-refractivity contribution in [2.24, 2.45) is 0 Å². The van der Waals surface area contributed by atoms with Gasteiger partial charge in [-0.05, 0) is 0 Å². The van der Waals surface area contributed by atoms with Crippen molar-refractivity contribution >= 4 is 15.9 Å². The molecule has 0 aromatic rings. The summed E-state index contributed by atoms with van der Waals surface area (Å²) in [4.78, 5) is 0.314. The second kappa shape index (κ2) is 4.61. The number of nitrogens with zero attached hydrogens (tertiary/aromatic N) is 1. The van der Waals surface area contributed by atoms with Gasteiger partial charge < -0.3 is 4.74 Å². The highest BCUT2D eigenvalue weighted by Gasteiger charge is 2.38. The Morgan fingerprint density at radius 1 is 1.31 bits per heavy atom. The van der Waals surface area contributed by atoms with Crippen LogP contribution in [-0.2, 0) is 4.74 Å². The quantitative estimate of drug-likeness (QED) is 0.701. The van der Waals surface area contributed by atoms with Crippen LogP contribution in [0.2, 0.25) is 0 Å². The summed E-state index contributed by atoms with van der Waals surface area (Å²) in [6, 6.07) is 0. The van der Waals surface area contributed by atoms with Crippen molar-refractivity contribution in [3.8, 4) is 0 Å². The first kappa shape index (κ1) is 11.3. The fourth-order valence-electron chi connectivity index (χ4n) is 1.11. The van der Waals surface area contributed by atoms with Crippen LogP contribution < -0.4 is 0 Å². The lowest BCUT2D eigenvalue weighted by atomic mass is 10.3. The Labute approximate surface area is 83.2 Å². The van der Waals surface area contributed by atoms with Crippen LogP contribution in [0.25, 0.3) is 0 Å². The summed E-state index contributed by atoms with van der Waals surface area (Å²) in [6.07, 6.45) is -4.15. The number of hydrogen-bond acceptors (Lipinski definition) is 2. The summed E-state index contributed by atoms with van der Waals surface area (Å²) in [5, 5.41) is 0. The Hall–Kier alpha value is 0.190. The lowest BCUT2D eigenvalue weighted by Crippen LogP contribution is -2.43. The second-order valence-electron chi connectivity index (χ2n) is 2.92. The number of alkyl halides is 4. The molecule has 1 atom stereocenters. The van der Waals surface area contributed by atoms with Crippen LogP contribution in [0.1, 0.15) is 0 Å². The largest absolute Gasteiger partial charge is 0.402 e. The van der Waals surface area contributed by atoms with Crippen LogP contribution in [0.3, 0.4) is 0 Å². The third-order valence-corrected chi connectivity index (χ3v) is 2.69. The van der Waals surface area contributed by atoms with Crippen molar-refractivity contribution in [1.29, 1.82) is 0 Å². The number of halogens is 4. The zero-order valence-electron chi connectivity index (χ0n) is 6.98. The molecule has 0 bridgehead atoms. The minimum atomic E-state index is -4.15. The summed E-state index contributed by atoms with van der Waals surface area (Å²) < 4.78 is 41.3. The Morgan fingerprint density at radius 3 is 2.31 bits per heavy atom. The van der Waals surface area contributed by atoms with Crippen molar-refractivity contribution in [2.75, 3.05) is 32.8 Å². The smallest absolute Gasteiger partial charge is 0.379 e. The molecule has 1 aliphatic heterocycles. The summed E-state index contributed by atoms with van der Waals surface area (Å²) in [6.45, 7) is 2.22. The molecule has 0 amide bonds. The average molecular weight is 262 g/mol. The maximum atomic E-state index is 12.1. The highest BCUT2D eigenvalue weighted by Crippen LogP contribution is 2.27. The number of hydrogen-bond donors (Lipinski definition) is 0. The molecule has 1 aliphatic rings. The number of morpholine rings is 1. The molecule has 0 unspecified atom stereocenters. The van der Waals surface area contributed by atoms with Gasteiger partial charge in [-0.1, -0.05) is 15.9 Å². The normalized spacial score (nSPS) is 23.1. The van der Waals surface area contributed by atoms with Gasteiger partial charge in [-0.2, -0.15) is 13.2 Å². The number of rotatable bonds is 2. The zero-order chi connectivity index (χ0) is 9.90. The van der Waals surface area contributed by atoms with E-state index in [1.807, 2.05) is 0 Å². The molecule has 0 aromatic heterocycles. The van der Waals surface area contributed by atoms with Gasteiger partial charge in [-0.25, -0.2) is 0 Å². The van der Waals surface area contributed by atoms with E-state index in [0.717, 1.165) is 0 Å².